The van der Waals surface area contributed by atoms with Gasteiger partial charge in [0.25, 0.3) is 0 Å². The van der Waals surface area contributed by atoms with E-state index in [-0.39, 0.29) is 11.3 Å². The standard InChI is InChI=1S/C22H27NO4S/c1-5-22(2,3)14-8-10-16-17(13-14)28-20(19(16)21(25)26-4)23-18(24)11-9-15-7-6-12-27-15/h6-7,9,11-12,14H,5,8,10,13H2,1-4H3,(H,23,24). The van der Waals surface area contributed by atoms with Crippen molar-refractivity contribution in [3.05, 3.63) is 46.2 Å². The molecule has 2 aromatic rings. The van der Waals surface area contributed by atoms with Gasteiger partial charge in [-0.15, -0.1) is 11.3 Å². The molecule has 0 saturated carbocycles. The van der Waals surface area contributed by atoms with Crippen LogP contribution < -0.4 is 5.32 Å². The highest BCUT2D eigenvalue weighted by Crippen LogP contribution is 2.45. The summed E-state index contributed by atoms with van der Waals surface area (Å²) in [6, 6.07) is 3.53. The molecular weight excluding hydrogens is 374 g/mol. The average Bonchev–Trinajstić information content (AvgIpc) is 3.32. The van der Waals surface area contributed by atoms with Crippen molar-refractivity contribution in [2.24, 2.45) is 11.3 Å². The quantitative estimate of drug-likeness (QED) is 0.525. The van der Waals surface area contributed by atoms with E-state index in [0.29, 0.717) is 22.2 Å². The van der Waals surface area contributed by atoms with Crippen molar-refractivity contribution in [3.63, 3.8) is 0 Å². The zero-order valence-electron chi connectivity index (χ0n) is 16.8. The van der Waals surface area contributed by atoms with E-state index in [9.17, 15) is 9.59 Å². The van der Waals surface area contributed by atoms with Crippen molar-refractivity contribution in [1.29, 1.82) is 0 Å². The molecule has 2 aromatic heterocycles. The summed E-state index contributed by atoms with van der Waals surface area (Å²) >= 11 is 1.50. The number of amides is 1. The third kappa shape index (κ3) is 4.22. The zero-order valence-corrected chi connectivity index (χ0v) is 17.7. The minimum atomic E-state index is -0.393. The van der Waals surface area contributed by atoms with Gasteiger partial charge >= 0.3 is 5.97 Å². The number of rotatable bonds is 6. The van der Waals surface area contributed by atoms with E-state index >= 15 is 0 Å². The van der Waals surface area contributed by atoms with Gasteiger partial charge in [-0.3, -0.25) is 4.79 Å². The van der Waals surface area contributed by atoms with E-state index in [4.69, 9.17) is 9.15 Å². The van der Waals surface area contributed by atoms with Crippen LogP contribution in [0, 0.1) is 11.3 Å². The Morgan fingerprint density at radius 2 is 2.21 bits per heavy atom. The molecule has 6 heteroatoms. The van der Waals surface area contributed by atoms with Crippen molar-refractivity contribution in [1.82, 2.24) is 0 Å². The molecular formula is C22H27NO4S. The molecule has 3 rings (SSSR count). The monoisotopic (exact) mass is 401 g/mol. The maximum Gasteiger partial charge on any atom is 0.341 e. The molecule has 0 spiro atoms. The molecule has 1 N–H and O–H groups in total. The Labute approximate surface area is 169 Å². The van der Waals surface area contributed by atoms with E-state index in [0.717, 1.165) is 31.2 Å². The van der Waals surface area contributed by atoms with Gasteiger partial charge in [0, 0.05) is 11.0 Å². The fourth-order valence-corrected chi connectivity index (χ4v) is 4.96. The molecule has 0 fully saturated rings. The molecule has 0 aromatic carbocycles. The summed E-state index contributed by atoms with van der Waals surface area (Å²) in [6.07, 6.45) is 8.48. The molecule has 28 heavy (non-hydrogen) atoms. The Morgan fingerprint density at radius 1 is 1.43 bits per heavy atom. The Morgan fingerprint density at radius 3 is 2.86 bits per heavy atom. The normalized spacial score (nSPS) is 16.8. The lowest BCUT2D eigenvalue weighted by Crippen LogP contribution is -2.28. The lowest BCUT2D eigenvalue weighted by atomic mass is 9.69. The molecule has 0 aliphatic heterocycles. The maximum atomic E-state index is 12.4. The SMILES string of the molecule is CCC(C)(C)C1CCc2c(sc(NC(=O)C=Cc3ccco3)c2C(=O)OC)C1. The summed E-state index contributed by atoms with van der Waals surface area (Å²) in [5.41, 5.74) is 1.79. The van der Waals surface area contributed by atoms with Crippen LogP contribution in [0.3, 0.4) is 0 Å². The van der Waals surface area contributed by atoms with E-state index < -0.39 is 5.97 Å². The number of carbonyl (C=O) groups excluding carboxylic acids is 2. The number of thiophene rings is 1. The molecule has 1 unspecified atom stereocenters. The summed E-state index contributed by atoms with van der Waals surface area (Å²) in [5.74, 6) is 0.469. The molecule has 1 aliphatic rings. The number of ether oxygens (including phenoxy) is 1. The van der Waals surface area contributed by atoms with Gasteiger partial charge in [0.2, 0.25) is 5.91 Å². The second-order valence-electron chi connectivity index (χ2n) is 7.82. The number of hydrogen-bond donors (Lipinski definition) is 1. The highest BCUT2D eigenvalue weighted by molar-refractivity contribution is 7.17. The van der Waals surface area contributed by atoms with Crippen molar-refractivity contribution < 1.29 is 18.7 Å². The van der Waals surface area contributed by atoms with Gasteiger partial charge in [-0.2, -0.15) is 0 Å². The van der Waals surface area contributed by atoms with Gasteiger partial charge in [-0.25, -0.2) is 4.79 Å². The van der Waals surface area contributed by atoms with Crippen LogP contribution in [0.2, 0.25) is 0 Å². The Hall–Kier alpha value is -2.34. The average molecular weight is 402 g/mol. The van der Waals surface area contributed by atoms with Crippen LogP contribution in [0.15, 0.2) is 28.9 Å². The van der Waals surface area contributed by atoms with Crippen LogP contribution in [0.25, 0.3) is 6.08 Å². The first-order valence-electron chi connectivity index (χ1n) is 9.61. The van der Waals surface area contributed by atoms with Crippen molar-refractivity contribution in [2.75, 3.05) is 12.4 Å². The van der Waals surface area contributed by atoms with E-state index in [1.54, 1.807) is 24.5 Å². The van der Waals surface area contributed by atoms with Crippen LogP contribution in [-0.4, -0.2) is 19.0 Å². The lowest BCUT2D eigenvalue weighted by molar-refractivity contribution is -0.111. The van der Waals surface area contributed by atoms with Crippen molar-refractivity contribution in [2.45, 2.75) is 46.5 Å². The molecule has 1 aliphatic carbocycles. The Balaban J connectivity index is 1.85. The summed E-state index contributed by atoms with van der Waals surface area (Å²) in [4.78, 5) is 26.0. The molecule has 0 bridgehead atoms. The number of carbonyl (C=O) groups is 2. The molecule has 1 atom stereocenters. The Bertz CT molecular complexity index is 877. The van der Waals surface area contributed by atoms with Gasteiger partial charge in [0.05, 0.1) is 18.9 Å². The molecule has 0 saturated heterocycles. The third-order valence-corrected chi connectivity index (χ3v) is 7.02. The summed E-state index contributed by atoms with van der Waals surface area (Å²) in [5, 5.41) is 3.43. The van der Waals surface area contributed by atoms with Gasteiger partial charge in [0.15, 0.2) is 0 Å². The third-order valence-electron chi connectivity index (χ3n) is 5.85. The van der Waals surface area contributed by atoms with Crippen LogP contribution in [0.1, 0.15) is 60.2 Å². The van der Waals surface area contributed by atoms with Gasteiger partial charge in [-0.05, 0) is 54.4 Å². The summed E-state index contributed by atoms with van der Waals surface area (Å²) in [6.45, 7) is 6.83. The highest BCUT2D eigenvalue weighted by atomic mass is 32.1. The summed E-state index contributed by atoms with van der Waals surface area (Å²) in [7, 11) is 1.38. The second kappa shape index (κ2) is 8.35. The summed E-state index contributed by atoms with van der Waals surface area (Å²) < 4.78 is 10.2. The fraction of sp³-hybridized carbons (Fsp3) is 0.455. The van der Waals surface area contributed by atoms with Crippen molar-refractivity contribution >= 4 is 34.3 Å². The van der Waals surface area contributed by atoms with E-state index in [2.05, 4.69) is 26.1 Å². The number of anilines is 1. The lowest BCUT2D eigenvalue weighted by Gasteiger charge is -2.36. The highest BCUT2D eigenvalue weighted by Gasteiger charge is 2.35. The fourth-order valence-electron chi connectivity index (χ4n) is 3.65. The van der Waals surface area contributed by atoms with Crippen LogP contribution in [-0.2, 0) is 22.4 Å². The number of methoxy groups -OCH3 is 1. The zero-order chi connectivity index (χ0) is 20.3. The minimum Gasteiger partial charge on any atom is -0.465 e. The van der Waals surface area contributed by atoms with Crippen LogP contribution >= 0.6 is 11.3 Å². The first-order valence-corrected chi connectivity index (χ1v) is 10.4. The van der Waals surface area contributed by atoms with E-state index in [1.807, 2.05) is 0 Å². The first-order chi connectivity index (χ1) is 13.4. The minimum absolute atomic E-state index is 0.252. The van der Waals surface area contributed by atoms with Crippen molar-refractivity contribution in [3.8, 4) is 0 Å². The topological polar surface area (TPSA) is 68.5 Å². The number of fused-ring (bicyclic) bond motifs is 1. The second-order valence-corrected chi connectivity index (χ2v) is 8.92. The van der Waals surface area contributed by atoms with Gasteiger partial charge in [-0.1, -0.05) is 27.2 Å². The molecule has 1 amide bonds. The smallest absolute Gasteiger partial charge is 0.341 e. The number of hydrogen-bond acceptors (Lipinski definition) is 5. The van der Waals surface area contributed by atoms with Gasteiger partial charge < -0.3 is 14.5 Å². The molecule has 5 nitrogen and oxygen atoms in total. The van der Waals surface area contributed by atoms with Gasteiger partial charge in [0.1, 0.15) is 10.8 Å². The van der Waals surface area contributed by atoms with E-state index in [1.165, 1.54) is 29.4 Å². The Kier molecular flexibility index (Phi) is 6.08. The molecule has 2 heterocycles. The number of furan rings is 1. The largest absolute Gasteiger partial charge is 0.465 e. The molecule has 150 valence electrons. The predicted molar refractivity (Wildman–Crippen MR) is 112 cm³/mol. The van der Waals surface area contributed by atoms with Crippen LogP contribution in [0.4, 0.5) is 5.00 Å². The molecule has 0 radical (unpaired) electrons. The number of nitrogens with one attached hydrogen (secondary N) is 1. The maximum absolute atomic E-state index is 12.4. The predicted octanol–water partition coefficient (Wildman–Crippen LogP) is 5.32. The van der Waals surface area contributed by atoms with Crippen LogP contribution in [0.5, 0.6) is 0 Å². The number of esters is 1. The first kappa shape index (κ1) is 20.4.